The van der Waals surface area contributed by atoms with Crippen molar-refractivity contribution in [2.75, 3.05) is 19.6 Å². The van der Waals surface area contributed by atoms with Crippen molar-refractivity contribution in [2.45, 2.75) is 95.4 Å². The van der Waals surface area contributed by atoms with Crippen molar-refractivity contribution in [3.63, 3.8) is 0 Å². The Morgan fingerprint density at radius 2 is 1.50 bits per heavy atom. The van der Waals surface area contributed by atoms with E-state index in [1.54, 1.807) is 26.0 Å². The van der Waals surface area contributed by atoms with E-state index in [0.717, 1.165) is 0 Å². The molecular weight excluding hydrogens is 650 g/mol. The lowest BCUT2D eigenvalue weighted by Gasteiger charge is -2.30. The van der Waals surface area contributed by atoms with Gasteiger partial charge in [-0.25, -0.2) is 4.79 Å². The summed E-state index contributed by atoms with van der Waals surface area (Å²) in [5.41, 5.74) is 28.2. The van der Waals surface area contributed by atoms with Gasteiger partial charge in [-0.1, -0.05) is 32.4 Å². The van der Waals surface area contributed by atoms with E-state index in [9.17, 15) is 34.2 Å². The summed E-state index contributed by atoms with van der Waals surface area (Å²) in [7, 11) is 0. The zero-order valence-corrected chi connectivity index (χ0v) is 28.7. The molecule has 6 unspecified atom stereocenters. The number of aromatic hydroxyl groups is 1. The smallest absolute Gasteiger partial charge is 0.326 e. The molecular formula is C32H53N11O7. The number of rotatable bonds is 20. The quantitative estimate of drug-likeness (QED) is 0.0398. The molecule has 0 spiro atoms. The van der Waals surface area contributed by atoms with Gasteiger partial charge in [-0.15, -0.1) is 0 Å². The van der Waals surface area contributed by atoms with Gasteiger partial charge in [0.2, 0.25) is 23.6 Å². The molecule has 18 nitrogen and oxygen atoms in total. The number of aliphatic imine (C=N–C) groups is 2. The molecule has 1 aliphatic rings. The van der Waals surface area contributed by atoms with Gasteiger partial charge in [-0.3, -0.25) is 29.2 Å². The van der Waals surface area contributed by atoms with Crippen LogP contribution in [0.4, 0.5) is 0 Å². The van der Waals surface area contributed by atoms with E-state index in [1.165, 1.54) is 17.0 Å². The summed E-state index contributed by atoms with van der Waals surface area (Å²) in [5.74, 6) is -4.23. The lowest BCUT2D eigenvalue weighted by Crippen LogP contribution is -2.58. The number of carboxylic acid groups (broad SMARTS) is 1. The van der Waals surface area contributed by atoms with Crippen molar-refractivity contribution in [3.8, 4) is 5.75 Å². The summed E-state index contributed by atoms with van der Waals surface area (Å²) in [6, 6.07) is 0.624. The number of carbonyl (C=O) groups is 5. The fraction of sp³-hybridized carbons (Fsp3) is 0.594. The SMILES string of the molecule is CCC(C)C(NC(=O)C(Cc1ccc(O)cc1)NC(=O)C1CCCN1C(=O)C(CCCN=C(N)N)NC(=O)C(N)CCCN=C(N)N)C(=O)O. The molecule has 18 heteroatoms. The molecule has 50 heavy (non-hydrogen) atoms. The maximum absolute atomic E-state index is 13.9. The third-order valence-corrected chi connectivity index (χ3v) is 8.49. The van der Waals surface area contributed by atoms with Gasteiger partial charge in [-0.2, -0.15) is 0 Å². The first-order valence-electron chi connectivity index (χ1n) is 16.7. The Labute approximate surface area is 291 Å². The number of nitrogens with two attached hydrogens (primary N) is 5. The van der Waals surface area contributed by atoms with Gasteiger partial charge in [0, 0.05) is 26.1 Å². The number of guanidine groups is 2. The maximum atomic E-state index is 13.9. The van der Waals surface area contributed by atoms with Crippen LogP contribution in [0.25, 0.3) is 0 Å². The molecule has 1 fully saturated rings. The van der Waals surface area contributed by atoms with Crippen LogP contribution < -0.4 is 44.6 Å². The molecule has 0 aliphatic carbocycles. The van der Waals surface area contributed by atoms with Gasteiger partial charge in [0.1, 0.15) is 29.9 Å². The highest BCUT2D eigenvalue weighted by Crippen LogP contribution is 2.21. The molecule has 0 radical (unpaired) electrons. The fourth-order valence-electron chi connectivity index (χ4n) is 5.48. The lowest BCUT2D eigenvalue weighted by atomic mass is 9.98. The van der Waals surface area contributed by atoms with Crippen LogP contribution in [0.5, 0.6) is 5.75 Å². The average Bonchev–Trinajstić information content (AvgIpc) is 3.56. The molecule has 6 atom stereocenters. The molecule has 2 rings (SSSR count). The van der Waals surface area contributed by atoms with Crippen LogP contribution in [0.3, 0.4) is 0 Å². The number of phenols is 1. The van der Waals surface area contributed by atoms with Crippen molar-refractivity contribution in [1.82, 2.24) is 20.9 Å². The van der Waals surface area contributed by atoms with E-state index in [-0.39, 0.29) is 63.0 Å². The Hall–Kier alpha value is -5.13. The van der Waals surface area contributed by atoms with Gasteiger partial charge >= 0.3 is 5.97 Å². The van der Waals surface area contributed by atoms with Crippen LogP contribution in [0.2, 0.25) is 0 Å². The average molecular weight is 704 g/mol. The number of likely N-dealkylation sites (tertiary alicyclic amines) is 1. The second-order valence-corrected chi connectivity index (χ2v) is 12.4. The van der Waals surface area contributed by atoms with E-state index in [4.69, 9.17) is 28.7 Å². The van der Waals surface area contributed by atoms with Gasteiger partial charge < -0.3 is 59.7 Å². The second-order valence-electron chi connectivity index (χ2n) is 12.4. The third-order valence-electron chi connectivity index (χ3n) is 8.49. The number of carbonyl (C=O) groups excluding carboxylic acids is 4. The molecule has 4 amide bonds. The van der Waals surface area contributed by atoms with Crippen molar-refractivity contribution in [1.29, 1.82) is 0 Å². The van der Waals surface area contributed by atoms with E-state index < -0.39 is 65.7 Å². The first-order chi connectivity index (χ1) is 23.6. The van der Waals surface area contributed by atoms with Crippen LogP contribution >= 0.6 is 0 Å². The number of hydrogen-bond donors (Lipinski definition) is 10. The zero-order chi connectivity index (χ0) is 37.4. The number of amides is 4. The maximum Gasteiger partial charge on any atom is 0.326 e. The number of aliphatic carboxylic acids is 1. The predicted molar refractivity (Wildman–Crippen MR) is 187 cm³/mol. The molecule has 0 aromatic heterocycles. The Kier molecular flexibility index (Phi) is 16.7. The van der Waals surface area contributed by atoms with Crippen LogP contribution in [0.1, 0.15) is 64.4 Å². The number of phenolic OH excluding ortho intramolecular Hbond substituents is 1. The van der Waals surface area contributed by atoms with Gasteiger partial charge in [0.25, 0.3) is 0 Å². The van der Waals surface area contributed by atoms with Crippen LogP contribution in [0, 0.1) is 5.92 Å². The fourth-order valence-corrected chi connectivity index (χ4v) is 5.48. The minimum Gasteiger partial charge on any atom is -0.508 e. The molecule has 15 N–H and O–H groups in total. The van der Waals surface area contributed by atoms with Crippen LogP contribution in [-0.2, 0) is 30.4 Å². The molecule has 1 heterocycles. The molecule has 1 aliphatic heterocycles. The number of carboxylic acids is 1. The number of benzene rings is 1. The summed E-state index contributed by atoms with van der Waals surface area (Å²) in [5, 5.41) is 27.5. The molecule has 1 aromatic carbocycles. The van der Waals surface area contributed by atoms with Crippen LogP contribution in [-0.4, -0.2) is 106 Å². The van der Waals surface area contributed by atoms with E-state index in [0.29, 0.717) is 31.2 Å². The lowest BCUT2D eigenvalue weighted by molar-refractivity contribution is -0.144. The third kappa shape index (κ3) is 13.4. The monoisotopic (exact) mass is 703 g/mol. The highest BCUT2D eigenvalue weighted by Gasteiger charge is 2.39. The van der Waals surface area contributed by atoms with Gasteiger partial charge in [0.15, 0.2) is 11.9 Å². The summed E-state index contributed by atoms with van der Waals surface area (Å²) in [4.78, 5) is 75.4. The van der Waals surface area contributed by atoms with Crippen LogP contribution in [0.15, 0.2) is 34.3 Å². The standard InChI is InChI=1S/C32H53N11O7/c1-3-18(2)25(30(49)50)42-27(46)23(17-19-10-12-20(44)13-11-19)41-28(47)24-9-6-16-43(24)29(48)22(8-5-15-39-32(36)37)40-26(45)21(33)7-4-14-38-31(34)35/h10-13,18,21-25,44H,3-9,14-17,33H2,1-2H3,(H,40,45)(H,41,47)(H,42,46)(H,49,50)(H4,34,35,38)(H4,36,37,39). The topological polar surface area (TPSA) is 320 Å². The summed E-state index contributed by atoms with van der Waals surface area (Å²) >= 11 is 0. The van der Waals surface area contributed by atoms with E-state index in [1.807, 2.05) is 0 Å². The number of nitrogens with one attached hydrogen (secondary N) is 3. The van der Waals surface area contributed by atoms with Crippen molar-refractivity contribution in [3.05, 3.63) is 29.8 Å². The number of hydrogen-bond acceptors (Lipinski definition) is 9. The summed E-state index contributed by atoms with van der Waals surface area (Å²) < 4.78 is 0. The summed E-state index contributed by atoms with van der Waals surface area (Å²) in [6.45, 7) is 4.17. The molecule has 1 aromatic rings. The predicted octanol–water partition coefficient (Wildman–Crippen LogP) is -2.05. The Morgan fingerprint density at radius 1 is 0.900 bits per heavy atom. The molecule has 278 valence electrons. The largest absolute Gasteiger partial charge is 0.508 e. The zero-order valence-electron chi connectivity index (χ0n) is 28.7. The normalized spacial score (nSPS) is 16.9. The van der Waals surface area contributed by atoms with Crippen molar-refractivity contribution < 1.29 is 34.2 Å². The molecule has 1 saturated heterocycles. The van der Waals surface area contributed by atoms with Crippen molar-refractivity contribution >= 4 is 41.5 Å². The molecule has 0 bridgehead atoms. The highest BCUT2D eigenvalue weighted by atomic mass is 16.4. The first-order valence-corrected chi connectivity index (χ1v) is 16.7. The van der Waals surface area contributed by atoms with Gasteiger partial charge in [0.05, 0.1) is 6.04 Å². The van der Waals surface area contributed by atoms with E-state index >= 15 is 0 Å². The summed E-state index contributed by atoms with van der Waals surface area (Å²) in [6.07, 6.45) is 2.37. The molecule has 0 saturated carbocycles. The Bertz CT molecular complexity index is 1360. The van der Waals surface area contributed by atoms with Crippen molar-refractivity contribution in [2.24, 2.45) is 44.6 Å². The van der Waals surface area contributed by atoms with Gasteiger partial charge in [-0.05, 0) is 62.1 Å². The minimum absolute atomic E-state index is 0.00783. The Balaban J connectivity index is 2.27. The first kappa shape index (κ1) is 41.0. The number of nitrogens with zero attached hydrogens (tertiary/aromatic N) is 3. The Morgan fingerprint density at radius 3 is 2.06 bits per heavy atom. The second kappa shape index (κ2) is 20.4. The minimum atomic E-state index is -1.21. The van der Waals surface area contributed by atoms with E-state index in [2.05, 4.69) is 25.9 Å². The highest BCUT2D eigenvalue weighted by molar-refractivity contribution is 5.96.